The number of nitrogens with zero attached hydrogens (tertiary/aromatic N) is 3. The van der Waals surface area contributed by atoms with Gasteiger partial charge in [0.1, 0.15) is 5.75 Å². The maximum Gasteiger partial charge on any atom is 0.238 e. The molecule has 2 amide bonds. The highest BCUT2D eigenvalue weighted by Crippen LogP contribution is 2.45. The predicted octanol–water partition coefficient (Wildman–Crippen LogP) is 1.64. The lowest BCUT2D eigenvalue weighted by Gasteiger charge is -2.50. The van der Waals surface area contributed by atoms with Crippen molar-refractivity contribution in [3.63, 3.8) is 0 Å². The molecule has 2 aromatic rings. The fourth-order valence-electron chi connectivity index (χ4n) is 4.59. The van der Waals surface area contributed by atoms with Crippen LogP contribution in [-0.4, -0.2) is 53.2 Å². The number of anilines is 1. The van der Waals surface area contributed by atoms with Gasteiger partial charge in [0.25, 0.3) is 0 Å². The van der Waals surface area contributed by atoms with Crippen LogP contribution in [0.1, 0.15) is 18.4 Å². The molecule has 160 valence electrons. The summed E-state index contributed by atoms with van der Waals surface area (Å²) in [7, 11) is 3.45. The number of carbonyl (C=O) groups is 2. The molecule has 4 rings (SSSR count). The molecule has 2 heterocycles. The summed E-state index contributed by atoms with van der Waals surface area (Å²) < 4.78 is 6.90. The van der Waals surface area contributed by atoms with Gasteiger partial charge in [-0.3, -0.25) is 19.2 Å². The summed E-state index contributed by atoms with van der Waals surface area (Å²) in [6, 6.07) is 7.74. The quantitative estimate of drug-likeness (QED) is 0.723. The van der Waals surface area contributed by atoms with Gasteiger partial charge in [0.05, 0.1) is 25.5 Å². The number of amides is 2. The molecule has 2 aliphatic rings. The molecule has 0 spiro atoms. The zero-order chi connectivity index (χ0) is 21.1. The lowest BCUT2D eigenvalue weighted by Crippen LogP contribution is -2.55. The molecule has 1 aliphatic heterocycles. The summed E-state index contributed by atoms with van der Waals surface area (Å²) >= 11 is 0. The Balaban J connectivity index is 1.26. The van der Waals surface area contributed by atoms with Gasteiger partial charge in [-0.1, -0.05) is 12.1 Å². The minimum absolute atomic E-state index is 0.0322. The molecule has 3 atom stereocenters. The number of ether oxygens (including phenoxy) is 1. The van der Waals surface area contributed by atoms with Crippen molar-refractivity contribution in [1.82, 2.24) is 20.0 Å². The lowest BCUT2D eigenvalue weighted by atomic mass is 9.61. The second-order valence-corrected chi connectivity index (χ2v) is 8.31. The van der Waals surface area contributed by atoms with Crippen LogP contribution in [0.5, 0.6) is 5.75 Å². The second kappa shape index (κ2) is 8.87. The van der Waals surface area contributed by atoms with E-state index in [1.165, 1.54) is 0 Å². The fourth-order valence-corrected chi connectivity index (χ4v) is 4.59. The van der Waals surface area contributed by atoms with Crippen LogP contribution in [0, 0.1) is 17.8 Å². The van der Waals surface area contributed by atoms with Gasteiger partial charge in [-0.05, 0) is 48.9 Å². The maximum atomic E-state index is 12.7. The second-order valence-electron chi connectivity index (χ2n) is 8.31. The summed E-state index contributed by atoms with van der Waals surface area (Å²) in [5.41, 5.74) is 1.73. The number of hydrogen-bond donors (Lipinski definition) is 2. The summed E-state index contributed by atoms with van der Waals surface area (Å²) in [6.45, 7) is 2.54. The highest BCUT2D eigenvalue weighted by Gasteiger charge is 2.47. The van der Waals surface area contributed by atoms with E-state index in [2.05, 4.69) is 20.6 Å². The number of fused-ring (bicyclic) bond motifs is 1. The van der Waals surface area contributed by atoms with E-state index < -0.39 is 0 Å². The largest absolute Gasteiger partial charge is 0.497 e. The first-order valence-corrected chi connectivity index (χ1v) is 10.4. The van der Waals surface area contributed by atoms with Crippen molar-refractivity contribution >= 4 is 17.5 Å². The van der Waals surface area contributed by atoms with E-state index in [4.69, 9.17) is 4.74 Å². The summed E-state index contributed by atoms with van der Waals surface area (Å²) in [6.07, 6.45) is 5.41. The van der Waals surface area contributed by atoms with E-state index in [1.807, 2.05) is 31.3 Å². The van der Waals surface area contributed by atoms with Gasteiger partial charge in [-0.2, -0.15) is 5.10 Å². The van der Waals surface area contributed by atoms with Crippen LogP contribution in [0.4, 0.5) is 5.69 Å². The van der Waals surface area contributed by atoms with Gasteiger partial charge < -0.3 is 15.4 Å². The number of carbonyl (C=O) groups excluding carboxylic acids is 2. The van der Waals surface area contributed by atoms with Crippen molar-refractivity contribution in [1.29, 1.82) is 0 Å². The monoisotopic (exact) mass is 411 g/mol. The Morgan fingerprint density at radius 3 is 2.97 bits per heavy atom. The van der Waals surface area contributed by atoms with Crippen molar-refractivity contribution in [3.8, 4) is 5.75 Å². The number of nitrogens with one attached hydrogen (secondary N) is 2. The zero-order valence-corrected chi connectivity index (χ0v) is 17.5. The van der Waals surface area contributed by atoms with Crippen LogP contribution in [-0.2, 0) is 23.2 Å². The van der Waals surface area contributed by atoms with Gasteiger partial charge in [0, 0.05) is 32.3 Å². The zero-order valence-electron chi connectivity index (χ0n) is 17.5. The Kier molecular flexibility index (Phi) is 6.03. The topological polar surface area (TPSA) is 88.5 Å². The van der Waals surface area contributed by atoms with E-state index >= 15 is 0 Å². The minimum Gasteiger partial charge on any atom is -0.497 e. The minimum atomic E-state index is -0.0419. The van der Waals surface area contributed by atoms with Gasteiger partial charge in [-0.25, -0.2) is 0 Å². The van der Waals surface area contributed by atoms with Crippen LogP contribution in [0.3, 0.4) is 0 Å². The van der Waals surface area contributed by atoms with Crippen molar-refractivity contribution in [2.24, 2.45) is 24.8 Å². The van der Waals surface area contributed by atoms with Gasteiger partial charge >= 0.3 is 0 Å². The molecule has 0 bridgehead atoms. The third-order valence-electron chi connectivity index (χ3n) is 6.26. The van der Waals surface area contributed by atoms with Gasteiger partial charge in [0.15, 0.2) is 0 Å². The smallest absolute Gasteiger partial charge is 0.238 e. The number of piperidine rings is 1. The fraction of sp³-hybridized carbons (Fsp3) is 0.500. The number of hydrogen-bond acceptors (Lipinski definition) is 5. The SMILES string of the molecule is COc1cccc(CNC(=O)[C@@H]2C[C@H]3CCN(CC(=O)Nc4cnn(C)c4)C[C@H]32)c1. The molecular weight excluding hydrogens is 382 g/mol. The Morgan fingerprint density at radius 1 is 1.33 bits per heavy atom. The summed E-state index contributed by atoms with van der Waals surface area (Å²) in [5.74, 6) is 1.81. The molecule has 0 unspecified atom stereocenters. The molecule has 1 aliphatic carbocycles. The molecule has 8 nitrogen and oxygen atoms in total. The molecular formula is C22H29N5O3. The first kappa shape index (κ1) is 20.4. The normalized spacial score (nSPS) is 23.2. The molecule has 1 saturated heterocycles. The number of aromatic nitrogens is 2. The standard InChI is InChI=1S/C22H29N5O3/c1-26-12-17(11-24-26)25-21(28)14-27-7-6-16-9-19(20(16)13-27)22(29)23-10-15-4-3-5-18(8-15)30-2/h3-5,8,11-12,16,19-20H,6-7,9-10,13-14H2,1-2H3,(H,23,29)(H,25,28)/t16-,19-,20-/m1/s1. The Labute approximate surface area is 176 Å². The van der Waals surface area contributed by atoms with Crippen molar-refractivity contribution < 1.29 is 14.3 Å². The maximum absolute atomic E-state index is 12.7. The third-order valence-corrected chi connectivity index (χ3v) is 6.26. The first-order chi connectivity index (χ1) is 14.5. The highest BCUT2D eigenvalue weighted by atomic mass is 16.5. The number of aryl methyl sites for hydroxylation is 1. The van der Waals surface area contributed by atoms with Crippen LogP contribution in [0.2, 0.25) is 0 Å². The van der Waals surface area contributed by atoms with Crippen LogP contribution < -0.4 is 15.4 Å². The average Bonchev–Trinajstić information content (AvgIpc) is 3.13. The molecule has 1 aromatic carbocycles. The van der Waals surface area contributed by atoms with Gasteiger partial charge in [0.2, 0.25) is 11.8 Å². The molecule has 30 heavy (non-hydrogen) atoms. The van der Waals surface area contributed by atoms with E-state index in [-0.39, 0.29) is 17.7 Å². The number of rotatable bonds is 7. The summed E-state index contributed by atoms with van der Waals surface area (Å²) in [5, 5.41) is 10.0. The lowest BCUT2D eigenvalue weighted by molar-refractivity contribution is -0.137. The number of likely N-dealkylation sites (tertiary alicyclic amines) is 1. The van der Waals surface area contributed by atoms with E-state index in [9.17, 15) is 9.59 Å². The molecule has 0 radical (unpaired) electrons. The van der Waals surface area contributed by atoms with Crippen molar-refractivity contribution in [2.75, 3.05) is 32.1 Å². The van der Waals surface area contributed by atoms with Crippen LogP contribution in [0.25, 0.3) is 0 Å². The van der Waals surface area contributed by atoms with Crippen LogP contribution >= 0.6 is 0 Å². The molecule has 2 N–H and O–H groups in total. The summed E-state index contributed by atoms with van der Waals surface area (Å²) in [4.78, 5) is 27.2. The first-order valence-electron chi connectivity index (χ1n) is 10.4. The molecule has 1 aromatic heterocycles. The van der Waals surface area contributed by atoms with E-state index in [0.717, 1.165) is 37.2 Å². The molecule has 1 saturated carbocycles. The van der Waals surface area contributed by atoms with Gasteiger partial charge in [-0.15, -0.1) is 0 Å². The average molecular weight is 412 g/mol. The number of methoxy groups -OCH3 is 1. The highest BCUT2D eigenvalue weighted by molar-refractivity contribution is 5.92. The Hall–Kier alpha value is -2.87. The van der Waals surface area contributed by atoms with E-state index in [0.29, 0.717) is 30.6 Å². The van der Waals surface area contributed by atoms with Crippen molar-refractivity contribution in [3.05, 3.63) is 42.2 Å². The third kappa shape index (κ3) is 4.64. The van der Waals surface area contributed by atoms with Crippen molar-refractivity contribution in [2.45, 2.75) is 19.4 Å². The van der Waals surface area contributed by atoms with Crippen LogP contribution in [0.15, 0.2) is 36.7 Å². The van der Waals surface area contributed by atoms with E-state index in [1.54, 1.807) is 24.2 Å². The Morgan fingerprint density at radius 2 is 2.20 bits per heavy atom. The number of benzene rings is 1. The Bertz CT molecular complexity index is 912. The predicted molar refractivity (Wildman–Crippen MR) is 113 cm³/mol. The molecule has 2 fully saturated rings. The molecule has 8 heteroatoms.